The summed E-state index contributed by atoms with van der Waals surface area (Å²) in [6.45, 7) is 6.48. The van der Waals surface area contributed by atoms with Crippen molar-refractivity contribution in [3.63, 3.8) is 0 Å². The molecule has 1 heterocycles. The first kappa shape index (κ1) is 25.9. The van der Waals surface area contributed by atoms with Crippen molar-refractivity contribution in [1.82, 2.24) is 15.2 Å². The molecule has 1 aromatic heterocycles. The van der Waals surface area contributed by atoms with Gasteiger partial charge in [-0.2, -0.15) is 18.2 Å². The van der Waals surface area contributed by atoms with E-state index in [0.717, 1.165) is 47.5 Å². The molecule has 0 aliphatic rings. The van der Waals surface area contributed by atoms with Gasteiger partial charge in [-0.25, -0.2) is 0 Å². The summed E-state index contributed by atoms with van der Waals surface area (Å²) in [4.78, 5) is 9.12. The first-order valence-electron chi connectivity index (χ1n) is 11.1. The van der Waals surface area contributed by atoms with Crippen LogP contribution in [0.25, 0.3) is 11.4 Å². The lowest BCUT2D eigenvalue weighted by atomic mass is 10.1. The van der Waals surface area contributed by atoms with Crippen LogP contribution in [0.5, 0.6) is 0 Å². The summed E-state index contributed by atoms with van der Waals surface area (Å²) < 4.78 is 44.0. The van der Waals surface area contributed by atoms with E-state index in [0.29, 0.717) is 18.9 Å². The largest absolute Gasteiger partial charge is 0.416 e. The molecular formula is C26H28F3N5O. The number of nitrogens with zero attached hydrogens (tertiary/aromatic N) is 3. The Kier molecular flexibility index (Phi) is 8.97. The number of aromatic nitrogens is 3. The van der Waals surface area contributed by atoms with Gasteiger partial charge in [0.1, 0.15) is 0 Å². The lowest BCUT2D eigenvalue weighted by molar-refractivity contribution is -0.137. The average Bonchev–Trinajstić information content (AvgIpc) is 3.28. The molecule has 0 unspecified atom stereocenters. The monoisotopic (exact) mass is 483 g/mol. The van der Waals surface area contributed by atoms with Crippen LogP contribution in [0.4, 0.5) is 24.8 Å². The Labute approximate surface area is 202 Å². The van der Waals surface area contributed by atoms with Crippen LogP contribution in [0.2, 0.25) is 0 Å². The Balaban J connectivity index is 1.73. The van der Waals surface area contributed by atoms with Crippen LogP contribution in [0.3, 0.4) is 0 Å². The van der Waals surface area contributed by atoms with Gasteiger partial charge in [-0.3, -0.25) is 10.1 Å². The van der Waals surface area contributed by atoms with E-state index in [2.05, 4.69) is 27.1 Å². The maximum Gasteiger partial charge on any atom is 0.416 e. The normalized spacial score (nSPS) is 12.6. The molecule has 3 rings (SSSR count). The van der Waals surface area contributed by atoms with Gasteiger partial charge in [0.25, 0.3) is 0 Å². The molecule has 0 aliphatic heterocycles. The Bertz CT molecular complexity index is 1200. The number of halogens is 3. The molecule has 2 aromatic carbocycles. The maximum atomic E-state index is 13.0. The first-order valence-corrected chi connectivity index (χ1v) is 11.1. The third-order valence-corrected chi connectivity index (χ3v) is 5.05. The van der Waals surface area contributed by atoms with Crippen LogP contribution in [-0.2, 0) is 17.3 Å². The molecule has 3 aromatic rings. The van der Waals surface area contributed by atoms with Crippen molar-refractivity contribution in [3.8, 4) is 11.4 Å². The van der Waals surface area contributed by atoms with E-state index < -0.39 is 11.7 Å². The van der Waals surface area contributed by atoms with Gasteiger partial charge in [-0.05, 0) is 55.7 Å². The number of alkyl halides is 3. The lowest BCUT2D eigenvalue weighted by Gasteiger charge is -2.08. The second-order valence-electron chi connectivity index (χ2n) is 7.93. The second kappa shape index (κ2) is 12.1. The number of benzene rings is 2. The molecule has 0 saturated heterocycles. The number of methoxy groups -OCH3 is 1. The molecule has 0 aliphatic carbocycles. The van der Waals surface area contributed by atoms with Gasteiger partial charge in [0.05, 0.1) is 5.56 Å². The zero-order valence-electron chi connectivity index (χ0n) is 19.7. The van der Waals surface area contributed by atoms with Crippen molar-refractivity contribution in [1.29, 1.82) is 0 Å². The minimum absolute atomic E-state index is 0.174. The topological polar surface area (TPSA) is 75.2 Å². The first-order chi connectivity index (χ1) is 16.8. The molecule has 9 heteroatoms. The third-order valence-electron chi connectivity index (χ3n) is 5.05. The predicted molar refractivity (Wildman–Crippen MR) is 133 cm³/mol. The van der Waals surface area contributed by atoms with Gasteiger partial charge in [-0.15, -0.1) is 5.10 Å². The smallest absolute Gasteiger partial charge is 0.385 e. The molecule has 0 saturated carbocycles. The van der Waals surface area contributed by atoms with Crippen molar-refractivity contribution in [2.75, 3.05) is 19.0 Å². The lowest BCUT2D eigenvalue weighted by Crippen LogP contribution is -2.05. The number of hydrogen-bond donors (Lipinski definition) is 2. The number of rotatable bonds is 11. The number of aromatic amines is 1. The van der Waals surface area contributed by atoms with Crippen LogP contribution in [-0.4, -0.2) is 34.6 Å². The van der Waals surface area contributed by atoms with E-state index in [-0.39, 0.29) is 11.6 Å². The van der Waals surface area contributed by atoms with Gasteiger partial charge in [0.15, 0.2) is 5.82 Å². The molecule has 0 atom stereocenters. The Hall–Kier alpha value is -3.72. The average molecular weight is 484 g/mol. The summed E-state index contributed by atoms with van der Waals surface area (Å²) >= 11 is 0. The Morgan fingerprint density at radius 1 is 1.20 bits per heavy atom. The molecule has 0 fully saturated rings. The second-order valence-corrected chi connectivity index (χ2v) is 7.93. The highest BCUT2D eigenvalue weighted by atomic mass is 19.4. The van der Waals surface area contributed by atoms with Crippen LogP contribution in [0, 0.1) is 0 Å². The number of anilines is 2. The van der Waals surface area contributed by atoms with E-state index in [1.165, 1.54) is 12.1 Å². The van der Waals surface area contributed by atoms with Gasteiger partial charge in [-0.1, -0.05) is 36.9 Å². The Morgan fingerprint density at radius 3 is 2.74 bits per heavy atom. The highest BCUT2D eigenvalue weighted by Gasteiger charge is 2.30. The van der Waals surface area contributed by atoms with E-state index in [4.69, 9.17) is 9.73 Å². The summed E-state index contributed by atoms with van der Waals surface area (Å²) in [6, 6.07) is 12.6. The molecule has 0 spiro atoms. The standard InChI is InChI=1S/C26H28F3N5O/c1-4-8-22(30-18(2)9-7-14-35-3)16-19-10-5-11-20(15-19)24-32-25(34-33-24)31-23-13-6-12-21(17-23)26(27,28)29/h4-6,8,10-13,15,17H,1,7,9,14,16H2,2-3H3,(H2,31,32,33,34)/b22-8-,30-18?. The summed E-state index contributed by atoms with van der Waals surface area (Å²) in [7, 11) is 1.68. The summed E-state index contributed by atoms with van der Waals surface area (Å²) in [5.74, 6) is 0.670. The summed E-state index contributed by atoms with van der Waals surface area (Å²) in [5, 5.41) is 9.74. The predicted octanol–water partition coefficient (Wildman–Crippen LogP) is 6.73. The van der Waals surface area contributed by atoms with Crippen LogP contribution >= 0.6 is 0 Å². The zero-order valence-corrected chi connectivity index (χ0v) is 19.7. The van der Waals surface area contributed by atoms with Crippen molar-refractivity contribution in [3.05, 3.63) is 84.1 Å². The van der Waals surface area contributed by atoms with E-state index >= 15 is 0 Å². The van der Waals surface area contributed by atoms with E-state index in [1.54, 1.807) is 13.2 Å². The number of H-pyrrole nitrogens is 1. The number of ether oxygens (including phenoxy) is 1. The molecule has 0 amide bonds. The minimum Gasteiger partial charge on any atom is -0.385 e. The van der Waals surface area contributed by atoms with Gasteiger partial charge in [0.2, 0.25) is 5.95 Å². The fourth-order valence-corrected chi connectivity index (χ4v) is 3.43. The minimum atomic E-state index is -4.42. The van der Waals surface area contributed by atoms with E-state index in [9.17, 15) is 13.2 Å². The third kappa shape index (κ3) is 7.92. The van der Waals surface area contributed by atoms with Gasteiger partial charge < -0.3 is 10.1 Å². The van der Waals surface area contributed by atoms with Crippen LogP contribution in [0.15, 0.2) is 78.0 Å². The number of allylic oxidation sites excluding steroid dienone is 3. The van der Waals surface area contributed by atoms with Gasteiger partial charge in [0, 0.05) is 42.8 Å². The zero-order chi connectivity index (χ0) is 25.3. The molecule has 0 radical (unpaired) electrons. The number of hydrogen-bond acceptors (Lipinski definition) is 5. The molecule has 0 bridgehead atoms. The molecule has 6 nitrogen and oxygen atoms in total. The fourth-order valence-electron chi connectivity index (χ4n) is 3.43. The summed E-state index contributed by atoms with van der Waals surface area (Å²) in [5.41, 5.74) is 3.23. The van der Waals surface area contributed by atoms with Crippen molar-refractivity contribution in [2.24, 2.45) is 4.99 Å². The van der Waals surface area contributed by atoms with Crippen LogP contribution in [0.1, 0.15) is 30.9 Å². The molecule has 35 heavy (non-hydrogen) atoms. The van der Waals surface area contributed by atoms with E-state index in [1.807, 2.05) is 37.3 Å². The van der Waals surface area contributed by atoms with Crippen LogP contribution < -0.4 is 5.32 Å². The number of aliphatic imine (C=N–C) groups is 1. The molecule has 2 N–H and O–H groups in total. The molecular weight excluding hydrogens is 455 g/mol. The van der Waals surface area contributed by atoms with Gasteiger partial charge >= 0.3 is 6.18 Å². The quantitative estimate of drug-likeness (QED) is 0.180. The SMILES string of the molecule is C=C/C=C(/Cc1cccc(-c2nc(Nc3cccc(C(F)(F)F)c3)n[nH]2)c1)N=C(C)CCCOC. The Morgan fingerprint density at radius 2 is 2.00 bits per heavy atom. The maximum absolute atomic E-state index is 13.0. The van der Waals surface area contributed by atoms with Crippen molar-refractivity contribution >= 4 is 17.3 Å². The summed E-state index contributed by atoms with van der Waals surface area (Å²) in [6.07, 6.45) is 1.54. The van der Waals surface area contributed by atoms with Crippen molar-refractivity contribution in [2.45, 2.75) is 32.4 Å². The highest BCUT2D eigenvalue weighted by Crippen LogP contribution is 2.31. The molecule has 184 valence electrons. The fraction of sp³-hybridized carbons (Fsp3) is 0.269. The number of nitrogens with one attached hydrogen (secondary N) is 2. The van der Waals surface area contributed by atoms with Crippen molar-refractivity contribution < 1.29 is 17.9 Å². The highest BCUT2D eigenvalue weighted by molar-refractivity contribution is 5.82.